The molecule has 2 N–H and O–H groups in total. The van der Waals surface area contributed by atoms with Crippen molar-refractivity contribution in [2.75, 3.05) is 23.3 Å². The average Bonchev–Trinajstić information content (AvgIpc) is 3.14. The van der Waals surface area contributed by atoms with Crippen LogP contribution in [0.4, 0.5) is 16.2 Å². The van der Waals surface area contributed by atoms with Gasteiger partial charge in [0.2, 0.25) is 5.91 Å². The fourth-order valence-electron chi connectivity index (χ4n) is 3.11. The van der Waals surface area contributed by atoms with E-state index < -0.39 is 0 Å². The Labute approximate surface area is 142 Å². The first kappa shape index (κ1) is 14.5. The van der Waals surface area contributed by atoms with E-state index in [9.17, 15) is 9.59 Å². The van der Waals surface area contributed by atoms with Crippen molar-refractivity contribution in [3.05, 3.63) is 45.1 Å². The number of hydrogen-bond donors (Lipinski definition) is 2. The SMILES string of the molecule is O=C1CC(c2ccc(Cl)s2)c2ccc(N3CCNC3=O)cc2N1. The maximum Gasteiger partial charge on any atom is 0.321 e. The molecule has 3 heterocycles. The van der Waals surface area contributed by atoms with Crippen molar-refractivity contribution in [2.24, 2.45) is 0 Å². The number of nitrogens with zero attached hydrogens (tertiary/aromatic N) is 1. The summed E-state index contributed by atoms with van der Waals surface area (Å²) < 4.78 is 0.720. The van der Waals surface area contributed by atoms with Crippen LogP contribution < -0.4 is 15.5 Å². The Hall–Kier alpha value is -2.05. The van der Waals surface area contributed by atoms with Crippen molar-refractivity contribution in [2.45, 2.75) is 12.3 Å². The smallest absolute Gasteiger partial charge is 0.321 e. The second-order valence-corrected chi connectivity index (χ2v) is 7.35. The van der Waals surface area contributed by atoms with Gasteiger partial charge >= 0.3 is 6.03 Å². The molecule has 1 aromatic carbocycles. The molecule has 1 unspecified atom stereocenters. The highest BCUT2D eigenvalue weighted by Crippen LogP contribution is 2.42. The Balaban J connectivity index is 1.74. The van der Waals surface area contributed by atoms with E-state index in [0.29, 0.717) is 19.5 Å². The number of urea groups is 1. The molecule has 0 bridgehead atoms. The number of thiophene rings is 1. The van der Waals surface area contributed by atoms with Gasteiger partial charge in [-0.05, 0) is 29.8 Å². The van der Waals surface area contributed by atoms with Crippen LogP contribution in [-0.2, 0) is 4.79 Å². The molecule has 1 atom stereocenters. The average molecular weight is 348 g/mol. The zero-order chi connectivity index (χ0) is 16.0. The second kappa shape index (κ2) is 5.54. The Kier molecular flexibility index (Phi) is 3.50. The fourth-order valence-corrected chi connectivity index (χ4v) is 4.29. The van der Waals surface area contributed by atoms with Gasteiger partial charge in [0.15, 0.2) is 0 Å². The quantitative estimate of drug-likeness (QED) is 0.874. The molecular formula is C16H14ClN3O2S. The van der Waals surface area contributed by atoms with Crippen LogP contribution in [0.3, 0.4) is 0 Å². The van der Waals surface area contributed by atoms with Gasteiger partial charge in [0.05, 0.1) is 4.34 Å². The van der Waals surface area contributed by atoms with Gasteiger partial charge < -0.3 is 10.6 Å². The minimum absolute atomic E-state index is 0.0118. The Morgan fingerprint density at radius 2 is 2.09 bits per heavy atom. The van der Waals surface area contributed by atoms with E-state index in [1.165, 1.54) is 11.3 Å². The molecule has 3 amide bonds. The Morgan fingerprint density at radius 3 is 2.78 bits per heavy atom. The molecule has 2 aliphatic heterocycles. The lowest BCUT2D eigenvalue weighted by Gasteiger charge is -2.26. The van der Waals surface area contributed by atoms with E-state index in [0.717, 1.165) is 26.2 Å². The number of carbonyl (C=O) groups is 2. The van der Waals surface area contributed by atoms with Crippen LogP contribution in [0.1, 0.15) is 22.8 Å². The second-order valence-electron chi connectivity index (χ2n) is 5.60. The van der Waals surface area contributed by atoms with Crippen molar-refractivity contribution in [1.29, 1.82) is 0 Å². The van der Waals surface area contributed by atoms with Gasteiger partial charge in [-0.3, -0.25) is 9.69 Å². The molecule has 0 spiro atoms. The van der Waals surface area contributed by atoms with Crippen LogP contribution in [0, 0.1) is 0 Å². The molecule has 4 rings (SSSR count). The molecule has 0 radical (unpaired) electrons. The number of amides is 3. The summed E-state index contributed by atoms with van der Waals surface area (Å²) in [5.74, 6) is -0.00671. The van der Waals surface area contributed by atoms with Crippen molar-refractivity contribution in [1.82, 2.24) is 5.32 Å². The third-order valence-corrected chi connectivity index (χ3v) is 5.53. The van der Waals surface area contributed by atoms with Crippen LogP contribution in [0.25, 0.3) is 0 Å². The number of rotatable bonds is 2. The summed E-state index contributed by atoms with van der Waals surface area (Å²) in [5.41, 5.74) is 2.63. The lowest BCUT2D eigenvalue weighted by molar-refractivity contribution is -0.116. The lowest BCUT2D eigenvalue weighted by atomic mass is 9.89. The first-order chi connectivity index (χ1) is 11.1. The number of fused-ring (bicyclic) bond motifs is 1. The predicted molar refractivity (Wildman–Crippen MR) is 91.6 cm³/mol. The van der Waals surface area contributed by atoms with Gasteiger partial charge in [0, 0.05) is 41.7 Å². The molecule has 118 valence electrons. The molecule has 23 heavy (non-hydrogen) atoms. The van der Waals surface area contributed by atoms with E-state index in [-0.39, 0.29) is 17.9 Å². The fraction of sp³-hybridized carbons (Fsp3) is 0.250. The Morgan fingerprint density at radius 1 is 1.22 bits per heavy atom. The van der Waals surface area contributed by atoms with E-state index in [1.807, 2.05) is 30.3 Å². The maximum absolute atomic E-state index is 12.1. The largest absolute Gasteiger partial charge is 0.336 e. The predicted octanol–water partition coefficient (Wildman–Crippen LogP) is 3.41. The number of benzene rings is 1. The van der Waals surface area contributed by atoms with Crippen molar-refractivity contribution in [3.63, 3.8) is 0 Å². The maximum atomic E-state index is 12.1. The molecule has 0 saturated carbocycles. The highest BCUT2D eigenvalue weighted by Gasteiger charge is 2.29. The summed E-state index contributed by atoms with van der Waals surface area (Å²) >= 11 is 7.54. The van der Waals surface area contributed by atoms with Crippen molar-refractivity contribution < 1.29 is 9.59 Å². The van der Waals surface area contributed by atoms with Crippen LogP contribution in [-0.4, -0.2) is 25.0 Å². The zero-order valence-corrected chi connectivity index (χ0v) is 13.7. The van der Waals surface area contributed by atoms with E-state index in [2.05, 4.69) is 10.6 Å². The summed E-state index contributed by atoms with van der Waals surface area (Å²) in [4.78, 5) is 26.7. The highest BCUT2D eigenvalue weighted by molar-refractivity contribution is 7.16. The van der Waals surface area contributed by atoms with Gasteiger partial charge in [-0.15, -0.1) is 11.3 Å². The summed E-state index contributed by atoms with van der Waals surface area (Å²) in [7, 11) is 0. The minimum Gasteiger partial charge on any atom is -0.336 e. The van der Waals surface area contributed by atoms with Gasteiger partial charge in [-0.2, -0.15) is 0 Å². The van der Waals surface area contributed by atoms with Gasteiger partial charge in [-0.1, -0.05) is 17.7 Å². The third-order valence-electron chi connectivity index (χ3n) is 4.18. The molecule has 5 nitrogen and oxygen atoms in total. The van der Waals surface area contributed by atoms with Crippen LogP contribution in [0.2, 0.25) is 4.34 Å². The molecule has 2 aromatic rings. The molecule has 1 fully saturated rings. The van der Waals surface area contributed by atoms with E-state index >= 15 is 0 Å². The molecule has 0 aliphatic carbocycles. The molecule has 7 heteroatoms. The normalized spacial score (nSPS) is 20.2. The lowest BCUT2D eigenvalue weighted by Crippen LogP contribution is -2.28. The molecule has 1 saturated heterocycles. The molecule has 2 aliphatic rings. The van der Waals surface area contributed by atoms with E-state index in [4.69, 9.17) is 11.6 Å². The highest BCUT2D eigenvalue weighted by atomic mass is 35.5. The van der Waals surface area contributed by atoms with Gasteiger partial charge in [0.25, 0.3) is 0 Å². The number of nitrogens with one attached hydrogen (secondary N) is 2. The van der Waals surface area contributed by atoms with Crippen molar-refractivity contribution >= 4 is 46.3 Å². The molecular weight excluding hydrogens is 334 g/mol. The number of hydrogen-bond acceptors (Lipinski definition) is 3. The zero-order valence-electron chi connectivity index (χ0n) is 12.1. The van der Waals surface area contributed by atoms with Gasteiger partial charge in [-0.25, -0.2) is 4.79 Å². The molecule has 1 aromatic heterocycles. The van der Waals surface area contributed by atoms with Crippen molar-refractivity contribution in [3.8, 4) is 0 Å². The first-order valence-electron chi connectivity index (χ1n) is 7.36. The summed E-state index contributed by atoms with van der Waals surface area (Å²) in [6, 6.07) is 9.53. The standard InChI is InChI=1S/C16H14ClN3O2S/c17-14-4-3-13(23-14)11-8-15(21)19-12-7-9(1-2-10(11)12)20-6-5-18-16(20)22/h1-4,7,11H,5-6,8H2,(H,18,22)(H,19,21). The van der Waals surface area contributed by atoms with Crippen LogP contribution in [0.15, 0.2) is 30.3 Å². The van der Waals surface area contributed by atoms with Crippen LogP contribution >= 0.6 is 22.9 Å². The van der Waals surface area contributed by atoms with E-state index in [1.54, 1.807) is 4.90 Å². The minimum atomic E-state index is -0.103. The third kappa shape index (κ3) is 2.58. The summed E-state index contributed by atoms with van der Waals surface area (Å²) in [6.45, 7) is 1.27. The first-order valence-corrected chi connectivity index (χ1v) is 8.55. The number of anilines is 2. The Bertz CT molecular complexity index is 804. The number of carbonyl (C=O) groups excluding carboxylic acids is 2. The topological polar surface area (TPSA) is 61.4 Å². The summed E-state index contributed by atoms with van der Waals surface area (Å²) in [5, 5.41) is 5.70. The number of halogens is 1. The van der Waals surface area contributed by atoms with Crippen LogP contribution in [0.5, 0.6) is 0 Å². The van der Waals surface area contributed by atoms with Gasteiger partial charge in [0.1, 0.15) is 0 Å². The monoisotopic (exact) mass is 347 g/mol. The summed E-state index contributed by atoms with van der Waals surface area (Å²) in [6.07, 6.45) is 0.410.